The van der Waals surface area contributed by atoms with Gasteiger partial charge in [-0.1, -0.05) is 13.3 Å². The lowest BCUT2D eigenvalue weighted by atomic mass is 10.1. The quantitative estimate of drug-likeness (QED) is 0.234. The molecule has 3 rings (SSSR count). The van der Waals surface area contributed by atoms with Gasteiger partial charge in [0.2, 0.25) is 5.95 Å². The summed E-state index contributed by atoms with van der Waals surface area (Å²) in [4.78, 5) is 9.85. The van der Waals surface area contributed by atoms with Gasteiger partial charge in [-0.15, -0.1) is 0 Å². The summed E-state index contributed by atoms with van der Waals surface area (Å²) in [6.07, 6.45) is 4.67. The zero-order chi connectivity index (χ0) is 24.7. The molecule has 8 heteroatoms. The number of rotatable bonds is 12. The Morgan fingerprint density at radius 1 is 1.21 bits per heavy atom. The fourth-order valence-electron chi connectivity index (χ4n) is 3.59. The fraction of sp³-hybridized carbons (Fsp3) is 0.385. The Bertz CT molecular complexity index is 1100. The van der Waals surface area contributed by atoms with Crippen LogP contribution in [-0.4, -0.2) is 28.5 Å². The summed E-state index contributed by atoms with van der Waals surface area (Å²) in [5, 5.41) is 7.66. The number of aromatic nitrogens is 2. The second-order valence-corrected chi connectivity index (χ2v) is 8.38. The number of anilines is 2. The lowest BCUT2D eigenvalue weighted by molar-refractivity contribution is 0.228. The SMILES string of the molecule is CCCCc1cnc(N(Cc2cc(OCC)cc(OC(C)C)c2F)c2ccc(C(=N)N)cc2)[nH]1. The van der Waals surface area contributed by atoms with E-state index >= 15 is 4.39 Å². The topological polar surface area (TPSA) is 100 Å². The van der Waals surface area contributed by atoms with E-state index in [1.54, 1.807) is 24.3 Å². The summed E-state index contributed by atoms with van der Waals surface area (Å²) in [5.74, 6) is 0.869. The van der Waals surface area contributed by atoms with Crippen molar-refractivity contribution in [3.63, 3.8) is 0 Å². The van der Waals surface area contributed by atoms with Crippen LogP contribution in [0.25, 0.3) is 0 Å². The fourth-order valence-corrected chi connectivity index (χ4v) is 3.59. The molecular formula is C26H34FN5O2. The van der Waals surface area contributed by atoms with Gasteiger partial charge in [0.25, 0.3) is 0 Å². The monoisotopic (exact) mass is 467 g/mol. The highest BCUT2D eigenvalue weighted by Gasteiger charge is 2.20. The third-order valence-corrected chi connectivity index (χ3v) is 5.25. The highest BCUT2D eigenvalue weighted by molar-refractivity contribution is 5.95. The van der Waals surface area contributed by atoms with Crippen molar-refractivity contribution in [2.24, 2.45) is 5.73 Å². The van der Waals surface area contributed by atoms with Gasteiger partial charge in [-0.05, 0) is 63.9 Å². The van der Waals surface area contributed by atoms with Crippen molar-refractivity contribution in [3.8, 4) is 11.5 Å². The van der Waals surface area contributed by atoms with E-state index in [1.807, 2.05) is 44.0 Å². The number of benzene rings is 2. The number of nitrogen functional groups attached to an aromatic ring is 1. The number of aryl methyl sites for hydroxylation is 1. The lowest BCUT2D eigenvalue weighted by Gasteiger charge is -2.24. The minimum atomic E-state index is -0.430. The third-order valence-electron chi connectivity index (χ3n) is 5.25. The van der Waals surface area contributed by atoms with E-state index < -0.39 is 5.82 Å². The van der Waals surface area contributed by atoms with Crippen LogP contribution in [0, 0.1) is 11.2 Å². The Kier molecular flexibility index (Phi) is 8.51. The van der Waals surface area contributed by atoms with Crippen molar-refractivity contribution >= 4 is 17.5 Å². The van der Waals surface area contributed by atoms with E-state index in [1.165, 1.54) is 0 Å². The zero-order valence-corrected chi connectivity index (χ0v) is 20.3. The van der Waals surface area contributed by atoms with Crippen LogP contribution in [0.3, 0.4) is 0 Å². The molecule has 0 bridgehead atoms. The van der Waals surface area contributed by atoms with Gasteiger partial charge in [-0.3, -0.25) is 5.41 Å². The van der Waals surface area contributed by atoms with Crippen molar-refractivity contribution in [1.29, 1.82) is 5.41 Å². The molecule has 0 atom stereocenters. The first-order chi connectivity index (χ1) is 16.3. The number of nitrogens with one attached hydrogen (secondary N) is 2. The summed E-state index contributed by atoms with van der Waals surface area (Å²) in [6.45, 7) is 8.40. The van der Waals surface area contributed by atoms with Gasteiger partial charge in [0.05, 0.1) is 25.5 Å². The molecule has 0 aliphatic heterocycles. The normalized spacial score (nSPS) is 11.0. The summed E-state index contributed by atoms with van der Waals surface area (Å²) in [6, 6.07) is 10.5. The van der Waals surface area contributed by atoms with E-state index in [4.69, 9.17) is 20.6 Å². The number of unbranched alkanes of at least 4 members (excludes halogenated alkanes) is 1. The van der Waals surface area contributed by atoms with Gasteiger partial charge in [0, 0.05) is 28.6 Å². The molecule has 0 saturated heterocycles. The Hall–Kier alpha value is -3.55. The number of amidine groups is 1. The van der Waals surface area contributed by atoms with Crippen molar-refractivity contribution in [1.82, 2.24) is 9.97 Å². The molecule has 0 radical (unpaired) electrons. The standard InChI is InChI=1S/C26H34FN5O2/c1-5-7-8-20-15-30-26(31-20)32(21-11-9-18(10-12-21)25(28)29)16-19-13-22(33-6-2)14-23(24(19)27)34-17(3)4/h9-15,17H,5-8,16H2,1-4H3,(H3,28,29)(H,30,31). The maximum absolute atomic E-state index is 15.5. The molecule has 0 aliphatic carbocycles. The molecule has 0 unspecified atom stereocenters. The molecule has 4 N–H and O–H groups in total. The number of ether oxygens (including phenoxy) is 2. The molecule has 0 fully saturated rings. The molecule has 7 nitrogen and oxygen atoms in total. The van der Waals surface area contributed by atoms with Crippen molar-refractivity contribution < 1.29 is 13.9 Å². The second kappa shape index (κ2) is 11.5. The molecule has 0 aliphatic rings. The van der Waals surface area contributed by atoms with E-state index in [9.17, 15) is 0 Å². The Balaban J connectivity index is 2.03. The van der Waals surface area contributed by atoms with E-state index in [0.717, 1.165) is 30.6 Å². The van der Waals surface area contributed by atoms with Crippen LogP contribution in [0.5, 0.6) is 11.5 Å². The number of halogens is 1. The van der Waals surface area contributed by atoms with Crippen LogP contribution in [-0.2, 0) is 13.0 Å². The first kappa shape index (κ1) is 25.1. The number of imidazole rings is 1. The third kappa shape index (κ3) is 6.27. The van der Waals surface area contributed by atoms with Crippen molar-refractivity contribution in [2.75, 3.05) is 11.5 Å². The van der Waals surface area contributed by atoms with Crippen molar-refractivity contribution in [3.05, 3.63) is 65.2 Å². The smallest absolute Gasteiger partial charge is 0.207 e. The van der Waals surface area contributed by atoms with Crippen LogP contribution in [0.15, 0.2) is 42.6 Å². The van der Waals surface area contributed by atoms with Crippen LogP contribution in [0.2, 0.25) is 0 Å². The number of nitrogens with two attached hydrogens (primary N) is 1. The number of hydrogen-bond donors (Lipinski definition) is 3. The van der Waals surface area contributed by atoms with Gasteiger partial charge in [-0.25, -0.2) is 9.37 Å². The van der Waals surface area contributed by atoms with Gasteiger partial charge in [0.1, 0.15) is 11.6 Å². The molecule has 2 aromatic carbocycles. The summed E-state index contributed by atoms with van der Waals surface area (Å²) in [5.41, 5.74) is 8.46. The first-order valence-corrected chi connectivity index (χ1v) is 11.7. The van der Waals surface area contributed by atoms with Crippen LogP contribution in [0.1, 0.15) is 57.4 Å². The van der Waals surface area contributed by atoms with E-state index in [0.29, 0.717) is 29.4 Å². The molecule has 34 heavy (non-hydrogen) atoms. The van der Waals surface area contributed by atoms with Crippen molar-refractivity contribution in [2.45, 2.75) is 59.6 Å². The molecule has 0 amide bonds. The second-order valence-electron chi connectivity index (χ2n) is 8.38. The summed E-state index contributed by atoms with van der Waals surface area (Å²) < 4.78 is 26.9. The Labute approximate surface area is 200 Å². The van der Waals surface area contributed by atoms with Gasteiger partial charge in [-0.2, -0.15) is 0 Å². The Morgan fingerprint density at radius 3 is 2.56 bits per heavy atom. The average Bonchev–Trinajstić information content (AvgIpc) is 3.27. The number of H-pyrrole nitrogens is 1. The highest BCUT2D eigenvalue weighted by atomic mass is 19.1. The minimum absolute atomic E-state index is 0.0103. The van der Waals surface area contributed by atoms with Crippen LogP contribution < -0.4 is 20.1 Å². The highest BCUT2D eigenvalue weighted by Crippen LogP contribution is 2.32. The molecule has 0 spiro atoms. The molecule has 0 saturated carbocycles. The maximum Gasteiger partial charge on any atom is 0.207 e. The van der Waals surface area contributed by atoms with Gasteiger partial charge in [0.15, 0.2) is 11.6 Å². The lowest BCUT2D eigenvalue weighted by Crippen LogP contribution is -2.20. The molecule has 1 heterocycles. The predicted octanol–water partition coefficient (Wildman–Crippen LogP) is 5.70. The maximum atomic E-state index is 15.5. The van der Waals surface area contributed by atoms with Crippen LogP contribution >= 0.6 is 0 Å². The number of nitrogens with zero attached hydrogens (tertiary/aromatic N) is 2. The molecule has 1 aromatic heterocycles. The number of aromatic amines is 1. The molecule has 3 aromatic rings. The van der Waals surface area contributed by atoms with E-state index in [-0.39, 0.29) is 24.2 Å². The van der Waals surface area contributed by atoms with Crippen LogP contribution in [0.4, 0.5) is 16.0 Å². The summed E-state index contributed by atoms with van der Waals surface area (Å²) in [7, 11) is 0. The van der Waals surface area contributed by atoms with Gasteiger partial charge >= 0.3 is 0 Å². The minimum Gasteiger partial charge on any atom is -0.494 e. The molecule has 182 valence electrons. The molecular weight excluding hydrogens is 433 g/mol. The predicted molar refractivity (Wildman–Crippen MR) is 134 cm³/mol. The zero-order valence-electron chi connectivity index (χ0n) is 20.3. The largest absolute Gasteiger partial charge is 0.494 e. The first-order valence-electron chi connectivity index (χ1n) is 11.7. The van der Waals surface area contributed by atoms with Gasteiger partial charge < -0.3 is 25.1 Å². The average molecular weight is 468 g/mol. The number of hydrogen-bond acceptors (Lipinski definition) is 5. The summed E-state index contributed by atoms with van der Waals surface area (Å²) >= 11 is 0. The Morgan fingerprint density at radius 2 is 1.94 bits per heavy atom. The van der Waals surface area contributed by atoms with E-state index in [2.05, 4.69) is 16.9 Å².